The van der Waals surface area contributed by atoms with Crippen LogP contribution in [0.3, 0.4) is 0 Å². The number of hydrogen-bond donors (Lipinski definition) is 3. The van der Waals surface area contributed by atoms with Gasteiger partial charge in [0, 0.05) is 0 Å². The van der Waals surface area contributed by atoms with Crippen LogP contribution in [0.4, 0.5) is 0 Å². The van der Waals surface area contributed by atoms with Crippen LogP contribution >= 0.6 is 12.4 Å². The Hall–Kier alpha value is -1.64. The molecule has 0 heterocycles. The molecule has 0 aromatic heterocycles. The number of benzene rings is 1. The second-order valence-corrected chi connectivity index (χ2v) is 5.45. The van der Waals surface area contributed by atoms with E-state index in [1.807, 2.05) is 0 Å². The molecule has 0 saturated carbocycles. The molecule has 1 rings (SSSR count). The van der Waals surface area contributed by atoms with Gasteiger partial charge in [0.1, 0.15) is 0 Å². The molecule has 0 bridgehead atoms. The lowest BCUT2D eigenvalue weighted by Crippen LogP contribution is -2.06. The minimum atomic E-state index is -3.67. The van der Waals surface area contributed by atoms with Gasteiger partial charge in [0.25, 0.3) is 10.1 Å². The Morgan fingerprint density at radius 3 is 1.67 bits per heavy atom. The Kier molecular flexibility index (Phi) is 9.62. The van der Waals surface area contributed by atoms with E-state index in [0.29, 0.717) is 6.42 Å². The van der Waals surface area contributed by atoms with E-state index >= 15 is 0 Å². The van der Waals surface area contributed by atoms with Crippen molar-refractivity contribution in [3.05, 3.63) is 34.9 Å². The quantitative estimate of drug-likeness (QED) is 0.715. The van der Waals surface area contributed by atoms with Gasteiger partial charge in [-0.05, 0) is 31.0 Å². The zero-order chi connectivity index (χ0) is 15.9. The fourth-order valence-electron chi connectivity index (χ4n) is 1.36. The zero-order valence-electron chi connectivity index (χ0n) is 11.4. The summed E-state index contributed by atoms with van der Waals surface area (Å²) in [4.78, 5) is 21.2. The molecule has 1 aromatic carbocycles. The maximum absolute atomic E-state index is 10.6. The van der Waals surface area contributed by atoms with E-state index in [4.69, 9.17) is 14.8 Å². The van der Waals surface area contributed by atoms with Gasteiger partial charge in [0.2, 0.25) is 0 Å². The molecule has 0 aliphatic carbocycles. The predicted molar refractivity (Wildman–Crippen MR) is 79.1 cm³/mol. The second kappa shape index (κ2) is 9.32. The lowest BCUT2D eigenvalue weighted by atomic mass is 10.0. The third-order valence-electron chi connectivity index (χ3n) is 2.26. The van der Waals surface area contributed by atoms with Crippen molar-refractivity contribution in [2.24, 2.45) is 0 Å². The van der Waals surface area contributed by atoms with Gasteiger partial charge in [0.15, 0.2) is 0 Å². The third kappa shape index (κ3) is 8.28. The Morgan fingerprint density at radius 1 is 1.10 bits per heavy atom. The first kappa shape index (κ1) is 21.7. The van der Waals surface area contributed by atoms with Crippen LogP contribution in [0.5, 0.6) is 0 Å². The fraction of sp³-hybridized carbons (Fsp3) is 0.333. The molecule has 0 saturated heterocycles. The largest absolute Gasteiger partial charge is 0.478 e. The van der Waals surface area contributed by atoms with Crippen molar-refractivity contribution < 1.29 is 32.8 Å². The van der Waals surface area contributed by atoms with Crippen LogP contribution < -0.4 is 0 Å². The lowest BCUT2D eigenvalue weighted by Gasteiger charge is -2.03. The Labute approximate surface area is 128 Å². The van der Waals surface area contributed by atoms with E-state index in [1.165, 1.54) is 25.1 Å². The Bertz CT molecular complexity index is 563. The number of halogens is 1. The van der Waals surface area contributed by atoms with Crippen LogP contribution in [0.15, 0.2) is 18.2 Å². The van der Waals surface area contributed by atoms with E-state index in [2.05, 4.69) is 0 Å². The average Bonchev–Trinajstić information content (AvgIpc) is 2.27. The summed E-state index contributed by atoms with van der Waals surface area (Å²) in [6, 6.07) is 4.17. The molecule has 0 atom stereocenters. The van der Waals surface area contributed by atoms with Crippen molar-refractivity contribution in [1.29, 1.82) is 0 Å². The standard InChI is InChI=1S/C9H8O4.C3H8O3S.ClH/c1-5-6(8(10)11)3-2-4-7(5)9(12)13;1-2-3-7(4,5)6;/h2-4H,1H3,(H,10,11)(H,12,13);2-3H2,1H3,(H,4,5,6);1H. The molecule has 0 radical (unpaired) electrons. The maximum atomic E-state index is 10.6. The first-order valence-corrected chi connectivity index (χ1v) is 7.22. The van der Waals surface area contributed by atoms with Crippen molar-refractivity contribution in [2.45, 2.75) is 20.3 Å². The van der Waals surface area contributed by atoms with E-state index in [1.54, 1.807) is 6.92 Å². The van der Waals surface area contributed by atoms with Gasteiger partial charge in [-0.3, -0.25) is 4.55 Å². The molecule has 7 nitrogen and oxygen atoms in total. The summed E-state index contributed by atoms with van der Waals surface area (Å²) in [6.45, 7) is 3.17. The third-order valence-corrected chi connectivity index (χ3v) is 3.18. The minimum Gasteiger partial charge on any atom is -0.478 e. The molecule has 0 unspecified atom stereocenters. The highest BCUT2D eigenvalue weighted by molar-refractivity contribution is 7.85. The summed E-state index contributed by atoms with van der Waals surface area (Å²) in [6.07, 6.45) is 0.471. The molecule has 21 heavy (non-hydrogen) atoms. The van der Waals surface area contributed by atoms with Crippen molar-refractivity contribution in [3.63, 3.8) is 0 Å². The van der Waals surface area contributed by atoms with Crippen molar-refractivity contribution >= 4 is 34.5 Å². The minimum absolute atomic E-state index is 0. The van der Waals surface area contributed by atoms with E-state index in [9.17, 15) is 18.0 Å². The molecular formula is C12H17ClO7S. The van der Waals surface area contributed by atoms with E-state index < -0.39 is 22.1 Å². The second-order valence-electron chi connectivity index (χ2n) is 3.87. The van der Waals surface area contributed by atoms with Crippen LogP contribution in [0.25, 0.3) is 0 Å². The number of aromatic carboxylic acids is 2. The maximum Gasteiger partial charge on any atom is 0.335 e. The molecule has 1 aromatic rings. The summed E-state index contributed by atoms with van der Waals surface area (Å²) < 4.78 is 27.6. The van der Waals surface area contributed by atoms with Crippen LogP contribution in [-0.2, 0) is 10.1 Å². The normalized spacial score (nSPS) is 9.86. The molecule has 0 spiro atoms. The molecule has 3 N–H and O–H groups in total. The molecule has 0 fully saturated rings. The fourth-order valence-corrected chi connectivity index (χ4v) is 1.87. The molecule has 0 aliphatic heterocycles. The van der Waals surface area contributed by atoms with Gasteiger partial charge in [-0.1, -0.05) is 13.0 Å². The monoisotopic (exact) mass is 340 g/mol. The number of rotatable bonds is 4. The first-order chi connectivity index (χ1) is 9.10. The molecule has 0 aliphatic rings. The molecule has 0 amide bonds. The number of carbonyl (C=O) groups is 2. The summed E-state index contributed by atoms with van der Waals surface area (Å²) in [5.74, 6) is -2.35. The van der Waals surface area contributed by atoms with Gasteiger partial charge in [-0.2, -0.15) is 8.42 Å². The number of hydrogen-bond acceptors (Lipinski definition) is 4. The lowest BCUT2D eigenvalue weighted by molar-refractivity contribution is 0.0696. The van der Waals surface area contributed by atoms with Crippen LogP contribution in [0.1, 0.15) is 39.6 Å². The molecule has 120 valence electrons. The van der Waals surface area contributed by atoms with Crippen molar-refractivity contribution in [1.82, 2.24) is 0 Å². The molecular weight excluding hydrogens is 324 g/mol. The van der Waals surface area contributed by atoms with Crippen LogP contribution in [-0.4, -0.2) is 40.9 Å². The highest BCUT2D eigenvalue weighted by atomic mass is 35.5. The van der Waals surface area contributed by atoms with Crippen molar-refractivity contribution in [3.8, 4) is 0 Å². The van der Waals surface area contributed by atoms with Gasteiger partial charge in [-0.25, -0.2) is 9.59 Å². The smallest absolute Gasteiger partial charge is 0.335 e. The summed E-state index contributed by atoms with van der Waals surface area (Å²) in [5, 5.41) is 17.4. The highest BCUT2D eigenvalue weighted by Crippen LogP contribution is 2.13. The zero-order valence-corrected chi connectivity index (χ0v) is 13.1. The SMILES string of the molecule is CCCS(=O)(=O)O.Cc1c(C(=O)O)cccc1C(=O)O.Cl. The van der Waals surface area contributed by atoms with Crippen molar-refractivity contribution in [2.75, 3.05) is 5.75 Å². The van der Waals surface area contributed by atoms with Crippen LogP contribution in [0, 0.1) is 6.92 Å². The predicted octanol–water partition coefficient (Wildman–Crippen LogP) is 2.10. The Balaban J connectivity index is 0. The molecule has 9 heteroatoms. The van der Waals surface area contributed by atoms with Crippen LogP contribution in [0.2, 0.25) is 0 Å². The first-order valence-electron chi connectivity index (χ1n) is 5.61. The Morgan fingerprint density at radius 2 is 1.48 bits per heavy atom. The van der Waals surface area contributed by atoms with E-state index in [-0.39, 0.29) is 34.9 Å². The van der Waals surface area contributed by atoms with Gasteiger partial charge < -0.3 is 10.2 Å². The number of carboxylic acids is 2. The summed E-state index contributed by atoms with van der Waals surface area (Å²) >= 11 is 0. The van der Waals surface area contributed by atoms with Gasteiger partial charge in [0.05, 0.1) is 16.9 Å². The number of carboxylic acid groups (broad SMARTS) is 2. The highest BCUT2D eigenvalue weighted by Gasteiger charge is 2.13. The van der Waals surface area contributed by atoms with Gasteiger partial charge >= 0.3 is 11.9 Å². The summed E-state index contributed by atoms with van der Waals surface area (Å²) in [7, 11) is -3.67. The van der Waals surface area contributed by atoms with E-state index in [0.717, 1.165) is 0 Å². The average molecular weight is 341 g/mol. The summed E-state index contributed by atoms with van der Waals surface area (Å²) in [5.41, 5.74) is 0.335. The topological polar surface area (TPSA) is 129 Å². The van der Waals surface area contributed by atoms with Gasteiger partial charge in [-0.15, -0.1) is 12.4 Å².